The highest BCUT2D eigenvalue weighted by Gasteiger charge is 2.18. The van der Waals surface area contributed by atoms with Crippen molar-refractivity contribution in [2.24, 2.45) is 0 Å². The average molecular weight is 200 g/mol. The van der Waals surface area contributed by atoms with Gasteiger partial charge in [0.2, 0.25) is 5.78 Å². The lowest BCUT2D eigenvalue weighted by Gasteiger charge is -2.10. The summed E-state index contributed by atoms with van der Waals surface area (Å²) in [4.78, 5) is 31.8. The van der Waals surface area contributed by atoms with Crippen LogP contribution < -0.4 is 0 Å². The molecule has 0 heterocycles. The number of hydrogen-bond donors (Lipinski definition) is 1. The van der Waals surface area contributed by atoms with Crippen LogP contribution in [0.4, 0.5) is 0 Å². The van der Waals surface area contributed by atoms with Crippen molar-refractivity contribution < 1.29 is 24.2 Å². The molecule has 14 heavy (non-hydrogen) atoms. The lowest BCUT2D eigenvalue weighted by atomic mass is 10.2. The Bertz CT molecular complexity index is 251. The van der Waals surface area contributed by atoms with Gasteiger partial charge in [-0.05, 0) is 13.8 Å². The van der Waals surface area contributed by atoms with E-state index in [0.717, 1.165) is 0 Å². The van der Waals surface area contributed by atoms with Crippen LogP contribution in [0, 0.1) is 0 Å². The lowest BCUT2D eigenvalue weighted by Crippen LogP contribution is -2.23. The highest BCUT2D eigenvalue weighted by atomic mass is 16.5. The van der Waals surface area contributed by atoms with Gasteiger partial charge in [-0.2, -0.15) is 0 Å². The fourth-order valence-electron chi connectivity index (χ4n) is 0.673. The number of carboxylic acid groups (broad SMARTS) is 1. The van der Waals surface area contributed by atoms with E-state index in [1.54, 1.807) is 0 Å². The standard InChI is InChI=1S/C9H12O5/c1-5(2)9(13)14-6(3)4-7(10)8(11)12/h6H,1,4H2,2-3H3,(H,11,12). The van der Waals surface area contributed by atoms with Crippen LogP contribution in [-0.2, 0) is 19.1 Å². The van der Waals surface area contributed by atoms with Gasteiger partial charge in [0.25, 0.3) is 0 Å². The second-order valence-electron chi connectivity index (χ2n) is 2.93. The van der Waals surface area contributed by atoms with Gasteiger partial charge in [-0.25, -0.2) is 9.59 Å². The molecule has 0 rings (SSSR count). The van der Waals surface area contributed by atoms with E-state index < -0.39 is 23.8 Å². The number of aliphatic carboxylic acids is 1. The van der Waals surface area contributed by atoms with E-state index in [-0.39, 0.29) is 12.0 Å². The number of hydrogen-bond acceptors (Lipinski definition) is 4. The molecule has 0 saturated heterocycles. The van der Waals surface area contributed by atoms with Crippen molar-refractivity contribution in [3.05, 3.63) is 12.2 Å². The largest absolute Gasteiger partial charge is 0.475 e. The van der Waals surface area contributed by atoms with Crippen molar-refractivity contribution in [3.8, 4) is 0 Å². The number of carbonyl (C=O) groups excluding carboxylic acids is 2. The molecule has 0 radical (unpaired) electrons. The van der Waals surface area contributed by atoms with E-state index in [2.05, 4.69) is 6.58 Å². The minimum absolute atomic E-state index is 0.208. The summed E-state index contributed by atoms with van der Waals surface area (Å²) in [7, 11) is 0. The summed E-state index contributed by atoms with van der Waals surface area (Å²) in [6, 6.07) is 0. The molecule has 0 spiro atoms. The first kappa shape index (κ1) is 12.3. The molecule has 0 aromatic heterocycles. The number of carboxylic acids is 1. The number of rotatable bonds is 5. The third kappa shape index (κ3) is 4.39. The fraction of sp³-hybridized carbons (Fsp3) is 0.444. The van der Waals surface area contributed by atoms with Gasteiger partial charge in [0.05, 0.1) is 6.42 Å². The summed E-state index contributed by atoms with van der Waals surface area (Å²) >= 11 is 0. The molecule has 0 saturated carbocycles. The highest BCUT2D eigenvalue weighted by Crippen LogP contribution is 2.02. The van der Waals surface area contributed by atoms with Crippen LogP contribution in [0.3, 0.4) is 0 Å². The van der Waals surface area contributed by atoms with Gasteiger partial charge in [-0.15, -0.1) is 0 Å². The summed E-state index contributed by atoms with van der Waals surface area (Å²) in [6.45, 7) is 6.26. The molecule has 0 amide bonds. The van der Waals surface area contributed by atoms with Gasteiger partial charge in [-0.1, -0.05) is 6.58 Å². The number of Topliss-reactive ketones (excluding diaryl/α,β-unsaturated/α-hetero) is 1. The van der Waals surface area contributed by atoms with Gasteiger partial charge in [0.1, 0.15) is 6.10 Å². The van der Waals surface area contributed by atoms with Crippen molar-refractivity contribution in [2.75, 3.05) is 0 Å². The van der Waals surface area contributed by atoms with Crippen molar-refractivity contribution in [1.29, 1.82) is 0 Å². The van der Waals surface area contributed by atoms with Gasteiger partial charge in [0.15, 0.2) is 0 Å². The molecule has 78 valence electrons. The van der Waals surface area contributed by atoms with Crippen LogP contribution in [0.25, 0.3) is 0 Å². The molecular weight excluding hydrogens is 188 g/mol. The Hall–Kier alpha value is -1.65. The van der Waals surface area contributed by atoms with Gasteiger partial charge in [-0.3, -0.25) is 4.79 Å². The van der Waals surface area contributed by atoms with Crippen LogP contribution in [0.2, 0.25) is 0 Å². The maximum absolute atomic E-state index is 10.9. The highest BCUT2D eigenvalue weighted by molar-refractivity contribution is 6.32. The number of esters is 1. The molecule has 0 aromatic carbocycles. The van der Waals surface area contributed by atoms with Crippen molar-refractivity contribution in [1.82, 2.24) is 0 Å². The van der Waals surface area contributed by atoms with E-state index >= 15 is 0 Å². The minimum Gasteiger partial charge on any atom is -0.475 e. The number of ketones is 1. The van der Waals surface area contributed by atoms with Gasteiger partial charge >= 0.3 is 11.9 Å². The third-order valence-electron chi connectivity index (χ3n) is 1.37. The topological polar surface area (TPSA) is 80.7 Å². The molecule has 0 aliphatic carbocycles. The molecule has 1 atom stereocenters. The van der Waals surface area contributed by atoms with Crippen molar-refractivity contribution in [2.45, 2.75) is 26.4 Å². The zero-order chi connectivity index (χ0) is 11.3. The predicted octanol–water partition coefficient (Wildman–Crippen LogP) is 0.538. The number of carbonyl (C=O) groups is 3. The molecule has 0 bridgehead atoms. The molecular formula is C9H12O5. The fourth-order valence-corrected chi connectivity index (χ4v) is 0.673. The molecule has 1 unspecified atom stereocenters. The van der Waals surface area contributed by atoms with E-state index in [1.807, 2.05) is 0 Å². The van der Waals surface area contributed by atoms with Crippen LogP contribution in [0.5, 0.6) is 0 Å². The monoisotopic (exact) mass is 200 g/mol. The molecule has 5 nitrogen and oxygen atoms in total. The molecule has 0 aliphatic heterocycles. The third-order valence-corrected chi connectivity index (χ3v) is 1.37. The van der Waals surface area contributed by atoms with E-state index in [0.29, 0.717) is 0 Å². The Labute approximate surface area is 81.4 Å². The Kier molecular flexibility index (Phi) is 4.55. The van der Waals surface area contributed by atoms with Gasteiger partial charge in [0, 0.05) is 5.57 Å². The first-order valence-electron chi connectivity index (χ1n) is 3.97. The van der Waals surface area contributed by atoms with E-state index in [9.17, 15) is 14.4 Å². The van der Waals surface area contributed by atoms with E-state index in [4.69, 9.17) is 9.84 Å². The Morgan fingerprint density at radius 1 is 1.43 bits per heavy atom. The zero-order valence-corrected chi connectivity index (χ0v) is 8.07. The summed E-state index contributed by atoms with van der Waals surface area (Å²) < 4.78 is 4.71. The Morgan fingerprint density at radius 3 is 2.29 bits per heavy atom. The molecule has 0 aromatic rings. The zero-order valence-electron chi connectivity index (χ0n) is 8.07. The van der Waals surface area contributed by atoms with Crippen LogP contribution in [0.1, 0.15) is 20.3 Å². The molecule has 5 heteroatoms. The van der Waals surface area contributed by atoms with Crippen molar-refractivity contribution in [3.63, 3.8) is 0 Å². The first-order chi connectivity index (χ1) is 6.34. The normalized spacial score (nSPS) is 11.6. The summed E-state index contributed by atoms with van der Waals surface area (Å²) in [5.41, 5.74) is 0.208. The second kappa shape index (κ2) is 5.16. The minimum atomic E-state index is -1.52. The Morgan fingerprint density at radius 2 is 1.93 bits per heavy atom. The second-order valence-corrected chi connectivity index (χ2v) is 2.93. The van der Waals surface area contributed by atoms with Crippen LogP contribution in [0.15, 0.2) is 12.2 Å². The molecule has 1 N–H and O–H groups in total. The van der Waals surface area contributed by atoms with E-state index in [1.165, 1.54) is 13.8 Å². The first-order valence-corrected chi connectivity index (χ1v) is 3.97. The Balaban J connectivity index is 4.05. The quantitative estimate of drug-likeness (QED) is 0.398. The van der Waals surface area contributed by atoms with Crippen LogP contribution >= 0.6 is 0 Å². The SMILES string of the molecule is C=C(C)C(=O)OC(C)CC(=O)C(=O)O. The summed E-state index contributed by atoms with van der Waals surface area (Å²) in [6.07, 6.45) is -1.07. The maximum atomic E-state index is 10.9. The summed E-state index contributed by atoms with van der Waals surface area (Å²) in [5, 5.41) is 8.27. The van der Waals surface area contributed by atoms with Crippen molar-refractivity contribution >= 4 is 17.7 Å². The number of ether oxygens (including phenoxy) is 1. The smallest absolute Gasteiger partial charge is 0.372 e. The predicted molar refractivity (Wildman–Crippen MR) is 47.6 cm³/mol. The van der Waals surface area contributed by atoms with Gasteiger partial charge < -0.3 is 9.84 Å². The summed E-state index contributed by atoms with van der Waals surface area (Å²) in [5.74, 6) is -3.13. The molecule has 0 fully saturated rings. The van der Waals surface area contributed by atoms with Crippen LogP contribution in [-0.4, -0.2) is 28.9 Å². The average Bonchev–Trinajstić information content (AvgIpc) is 2.03. The molecule has 0 aliphatic rings. The lowest BCUT2D eigenvalue weighted by molar-refractivity contribution is -0.152. The maximum Gasteiger partial charge on any atom is 0.372 e.